The van der Waals surface area contributed by atoms with Gasteiger partial charge in [-0.1, -0.05) is 0 Å². The lowest BCUT2D eigenvalue weighted by Crippen LogP contribution is -2.05. The van der Waals surface area contributed by atoms with Crippen LogP contribution in [0.2, 0.25) is 0 Å². The summed E-state index contributed by atoms with van der Waals surface area (Å²) < 4.78 is 5.82. The smallest absolute Gasteiger partial charge is 0.316 e. The first kappa shape index (κ1) is 11.6. The Balaban J connectivity index is 2.34. The van der Waals surface area contributed by atoms with E-state index >= 15 is 0 Å². The van der Waals surface area contributed by atoms with E-state index in [1.165, 1.54) is 23.1 Å². The number of rotatable bonds is 5. The summed E-state index contributed by atoms with van der Waals surface area (Å²) in [4.78, 5) is 11.9. The van der Waals surface area contributed by atoms with Crippen molar-refractivity contribution >= 4 is 29.1 Å². The Kier molecular flexibility index (Phi) is 5.00. The fourth-order valence-electron chi connectivity index (χ4n) is 0.853. The van der Waals surface area contributed by atoms with E-state index in [1.54, 1.807) is 6.92 Å². The van der Waals surface area contributed by atoms with Gasteiger partial charge >= 0.3 is 5.97 Å². The van der Waals surface area contributed by atoms with Crippen LogP contribution in [0.3, 0.4) is 0 Å². The van der Waals surface area contributed by atoms with Gasteiger partial charge in [-0.25, -0.2) is 0 Å². The second-order valence-corrected chi connectivity index (χ2v) is 4.92. The number of carbonyl (C=O) groups is 1. The van der Waals surface area contributed by atoms with Gasteiger partial charge in [-0.3, -0.25) is 4.79 Å². The van der Waals surface area contributed by atoms with Crippen LogP contribution in [0, 0.1) is 0 Å². The molecule has 0 saturated carbocycles. The minimum absolute atomic E-state index is 0.0602. The Morgan fingerprint density at radius 2 is 2.43 bits per heavy atom. The molecule has 0 amide bonds. The molecular weight excluding hydrogens is 220 g/mol. The number of hydrogen-bond acceptors (Lipinski definition) is 5. The van der Waals surface area contributed by atoms with Gasteiger partial charge in [0.05, 0.1) is 23.2 Å². The molecule has 0 aliphatic heterocycles. The summed E-state index contributed by atoms with van der Waals surface area (Å²) in [5.41, 5.74) is 0. The summed E-state index contributed by atoms with van der Waals surface area (Å²) in [6.07, 6.45) is 0. The average Bonchev–Trinajstić information content (AvgIpc) is 2.63. The van der Waals surface area contributed by atoms with Crippen molar-refractivity contribution in [3.8, 4) is 0 Å². The van der Waals surface area contributed by atoms with E-state index in [0.717, 1.165) is 9.09 Å². The molecule has 0 aliphatic rings. The van der Waals surface area contributed by atoms with E-state index < -0.39 is 0 Å². The number of ether oxygens (including phenoxy) is 1. The summed E-state index contributed by atoms with van der Waals surface area (Å²) in [5.74, 6) is 0.135. The minimum Gasteiger partial charge on any atom is -0.465 e. The maximum Gasteiger partial charge on any atom is 0.316 e. The monoisotopic (exact) mass is 232 g/mol. The summed E-state index contributed by atoms with van der Waals surface area (Å²) in [7, 11) is 0. The van der Waals surface area contributed by atoms with Gasteiger partial charge in [-0.2, -0.15) is 0 Å². The average molecular weight is 232 g/mol. The van der Waals surface area contributed by atoms with E-state index in [0.29, 0.717) is 12.4 Å². The van der Waals surface area contributed by atoms with Crippen molar-refractivity contribution in [2.75, 3.05) is 12.4 Å². The number of esters is 1. The summed E-state index contributed by atoms with van der Waals surface area (Å²) in [5, 5.41) is 8.82. The molecule has 0 aliphatic carbocycles. The fourth-order valence-corrected chi connectivity index (χ4v) is 2.69. The zero-order valence-electron chi connectivity index (χ0n) is 7.86. The van der Waals surface area contributed by atoms with Crippen LogP contribution in [-0.4, -0.2) is 23.4 Å². The quantitative estimate of drug-likeness (QED) is 0.622. The minimum atomic E-state index is -0.198. The maximum absolute atomic E-state index is 11.0. The highest BCUT2D eigenvalue weighted by Crippen LogP contribution is 2.27. The van der Waals surface area contributed by atoms with Crippen LogP contribution < -0.4 is 0 Å². The molecule has 0 bridgehead atoms. The molecule has 1 aromatic heterocycles. The van der Waals surface area contributed by atoms with E-state index in [9.17, 15) is 4.79 Å². The molecule has 14 heavy (non-hydrogen) atoms. The standard InChI is InChI=1S/C9H12O3S2/c1-2-12-8(11)6-13-9-4-3-7(5-10)14-9/h3-4,10H,2,5-6H2,1H3. The lowest BCUT2D eigenvalue weighted by atomic mass is 10.5. The van der Waals surface area contributed by atoms with Crippen LogP contribution in [0.25, 0.3) is 0 Å². The predicted octanol–water partition coefficient (Wildman–Crippen LogP) is 1.90. The van der Waals surface area contributed by atoms with Crippen LogP contribution in [0.4, 0.5) is 0 Å². The third kappa shape index (κ3) is 3.69. The van der Waals surface area contributed by atoms with Gasteiger partial charge in [-0.05, 0) is 19.1 Å². The first-order valence-electron chi connectivity index (χ1n) is 4.24. The Morgan fingerprint density at radius 1 is 1.64 bits per heavy atom. The van der Waals surface area contributed by atoms with Gasteiger partial charge in [0, 0.05) is 4.88 Å². The molecule has 3 nitrogen and oxygen atoms in total. The number of thiophene rings is 1. The van der Waals surface area contributed by atoms with Gasteiger partial charge in [0.15, 0.2) is 0 Å². The summed E-state index contributed by atoms with van der Waals surface area (Å²) in [6.45, 7) is 2.27. The van der Waals surface area contributed by atoms with Crippen LogP contribution >= 0.6 is 23.1 Å². The second kappa shape index (κ2) is 6.06. The molecule has 0 unspecified atom stereocenters. The van der Waals surface area contributed by atoms with Crippen LogP contribution in [0.15, 0.2) is 16.3 Å². The zero-order chi connectivity index (χ0) is 10.4. The van der Waals surface area contributed by atoms with E-state index in [-0.39, 0.29) is 12.6 Å². The van der Waals surface area contributed by atoms with Crippen molar-refractivity contribution in [1.29, 1.82) is 0 Å². The molecule has 5 heteroatoms. The van der Waals surface area contributed by atoms with Crippen molar-refractivity contribution in [3.05, 3.63) is 17.0 Å². The van der Waals surface area contributed by atoms with Gasteiger partial charge in [-0.15, -0.1) is 23.1 Å². The van der Waals surface area contributed by atoms with Gasteiger partial charge in [0.2, 0.25) is 0 Å². The SMILES string of the molecule is CCOC(=O)CSc1ccc(CO)s1. The van der Waals surface area contributed by atoms with E-state index in [1.807, 2.05) is 12.1 Å². The summed E-state index contributed by atoms with van der Waals surface area (Å²) in [6, 6.07) is 3.76. The topological polar surface area (TPSA) is 46.5 Å². The highest BCUT2D eigenvalue weighted by molar-refractivity contribution is 8.01. The van der Waals surface area contributed by atoms with Crippen LogP contribution in [0.5, 0.6) is 0 Å². The van der Waals surface area contributed by atoms with Crippen molar-refractivity contribution < 1.29 is 14.6 Å². The zero-order valence-corrected chi connectivity index (χ0v) is 9.49. The molecular formula is C9H12O3S2. The Labute approximate surface area is 91.1 Å². The molecule has 1 aromatic rings. The van der Waals surface area contributed by atoms with Crippen molar-refractivity contribution in [2.45, 2.75) is 17.7 Å². The maximum atomic E-state index is 11.0. The number of carbonyl (C=O) groups excluding carboxylic acids is 1. The highest BCUT2D eigenvalue weighted by Gasteiger charge is 2.05. The molecule has 1 rings (SSSR count). The van der Waals surface area contributed by atoms with Crippen molar-refractivity contribution in [2.24, 2.45) is 0 Å². The first-order valence-corrected chi connectivity index (χ1v) is 6.04. The molecule has 0 fully saturated rings. The summed E-state index contributed by atoms with van der Waals surface area (Å²) >= 11 is 2.94. The third-order valence-corrected chi connectivity index (χ3v) is 3.70. The van der Waals surface area contributed by atoms with Crippen molar-refractivity contribution in [1.82, 2.24) is 0 Å². The molecule has 0 aromatic carbocycles. The number of aliphatic hydroxyl groups excluding tert-OH is 1. The van der Waals surface area contributed by atoms with Crippen molar-refractivity contribution in [3.63, 3.8) is 0 Å². The Bertz CT molecular complexity index is 296. The lowest BCUT2D eigenvalue weighted by Gasteiger charge is -1.99. The first-order chi connectivity index (χ1) is 6.76. The van der Waals surface area contributed by atoms with Crippen LogP contribution in [0.1, 0.15) is 11.8 Å². The highest BCUT2D eigenvalue weighted by atomic mass is 32.2. The molecule has 1 N–H and O–H groups in total. The van der Waals surface area contributed by atoms with Crippen LogP contribution in [-0.2, 0) is 16.1 Å². The van der Waals surface area contributed by atoms with Gasteiger partial charge in [0.25, 0.3) is 0 Å². The molecule has 0 atom stereocenters. The van der Waals surface area contributed by atoms with Gasteiger partial charge in [0.1, 0.15) is 0 Å². The van der Waals surface area contributed by atoms with E-state index in [2.05, 4.69) is 0 Å². The molecule has 0 radical (unpaired) electrons. The predicted molar refractivity (Wildman–Crippen MR) is 57.6 cm³/mol. The Hall–Kier alpha value is -0.520. The molecule has 0 spiro atoms. The number of thioether (sulfide) groups is 1. The second-order valence-electron chi connectivity index (χ2n) is 2.47. The molecule has 1 heterocycles. The Morgan fingerprint density at radius 3 is 3.00 bits per heavy atom. The molecule has 0 saturated heterocycles. The normalized spacial score (nSPS) is 10.1. The number of hydrogen-bond donors (Lipinski definition) is 1. The fraction of sp³-hybridized carbons (Fsp3) is 0.444. The van der Waals surface area contributed by atoms with Gasteiger partial charge < -0.3 is 9.84 Å². The largest absolute Gasteiger partial charge is 0.465 e. The van der Waals surface area contributed by atoms with E-state index in [4.69, 9.17) is 9.84 Å². The number of aliphatic hydroxyl groups is 1. The third-order valence-electron chi connectivity index (χ3n) is 1.43. The molecule has 78 valence electrons. The lowest BCUT2D eigenvalue weighted by molar-refractivity contribution is -0.139.